The Bertz CT molecular complexity index is 225. The van der Waals surface area contributed by atoms with Gasteiger partial charge in [-0.3, -0.25) is 0 Å². The fourth-order valence-corrected chi connectivity index (χ4v) is 1.59. The van der Waals surface area contributed by atoms with Gasteiger partial charge in [0.1, 0.15) is 0 Å². The molecule has 4 N–H and O–H groups in total. The van der Waals surface area contributed by atoms with Crippen LogP contribution in [0.2, 0.25) is 0 Å². The fraction of sp³-hybridized carbons (Fsp3) is 0.800. The van der Waals surface area contributed by atoms with Gasteiger partial charge in [0.15, 0.2) is 0 Å². The van der Waals surface area contributed by atoms with Crippen LogP contribution in [0.4, 0.5) is 0 Å². The molecule has 17 heavy (non-hydrogen) atoms. The molecule has 6 nitrogen and oxygen atoms in total. The second-order valence-electron chi connectivity index (χ2n) is 4.25. The van der Waals surface area contributed by atoms with E-state index in [-0.39, 0.29) is 33.1 Å². The summed E-state index contributed by atoms with van der Waals surface area (Å²) in [5.74, 6) is -2.33. The van der Waals surface area contributed by atoms with E-state index >= 15 is 0 Å². The first-order valence-corrected chi connectivity index (χ1v) is 5.14. The van der Waals surface area contributed by atoms with Gasteiger partial charge < -0.3 is 21.7 Å². The maximum Gasteiger partial charge on any atom is 2.00 e. The van der Waals surface area contributed by atoms with E-state index in [2.05, 4.69) is 13.8 Å². The van der Waals surface area contributed by atoms with Crippen LogP contribution in [-0.4, -0.2) is 34.2 Å². The zero-order valence-electron chi connectivity index (χ0n) is 9.75. The number of carboxylic acids is 2. The molecule has 4 atom stereocenters. The molecule has 102 valence electrons. The zero-order chi connectivity index (χ0) is 12.9. The normalized spacial score (nSPS) is 31.5. The summed E-state index contributed by atoms with van der Waals surface area (Å²) < 4.78 is 0. The van der Waals surface area contributed by atoms with Crippen molar-refractivity contribution >= 4 is 11.9 Å². The topological polar surface area (TPSA) is 122 Å². The van der Waals surface area contributed by atoms with Gasteiger partial charge in [0.25, 0.3) is 0 Å². The Morgan fingerprint density at radius 3 is 1.35 bits per heavy atom. The van der Waals surface area contributed by atoms with Crippen molar-refractivity contribution in [3.63, 3.8) is 0 Å². The molecule has 0 aliphatic heterocycles. The average molecular weight is 425 g/mol. The summed E-state index contributed by atoms with van der Waals surface area (Å²) in [5, 5.41) is 14.8. The van der Waals surface area contributed by atoms with Gasteiger partial charge in [0.2, 0.25) is 0 Å². The van der Waals surface area contributed by atoms with Gasteiger partial charge in [-0.15, -0.1) is 0 Å². The Morgan fingerprint density at radius 1 is 0.941 bits per heavy atom. The van der Waals surface area contributed by atoms with Crippen molar-refractivity contribution < 1.29 is 40.9 Å². The molecule has 0 bridgehead atoms. The molecule has 1 fully saturated rings. The molecule has 1 saturated carbocycles. The van der Waals surface area contributed by atoms with E-state index in [9.17, 15) is 0 Å². The number of carboxylic acid groups (broad SMARTS) is 2. The van der Waals surface area contributed by atoms with Crippen molar-refractivity contribution in [1.29, 1.82) is 0 Å². The smallest absolute Gasteiger partial charge is 0.676 e. The minimum absolute atomic E-state index is 0. The van der Waals surface area contributed by atoms with Crippen LogP contribution in [0.3, 0.4) is 0 Å². The zero-order valence-corrected chi connectivity index (χ0v) is 12.0. The standard InChI is InChI=1S/C8H16N2.C2H2O4.Pt/c1-5-3-7(9)8(10)4-6(5)2;3-1(4)2(5)6;/h5-10H,3-4H2,1-2H3;(H,3,4)(H,5,6);/q-2;;+2. The van der Waals surface area contributed by atoms with E-state index < -0.39 is 11.9 Å². The molecule has 0 amide bonds. The SMILES string of the molecule is CC1CC([NH-])C([NH-])CC1C.O=C(O)C(=O)O.[Pt+2]. The molecule has 1 rings (SSSR count). The van der Waals surface area contributed by atoms with E-state index in [0.29, 0.717) is 11.8 Å². The molecule has 1 aliphatic carbocycles. The van der Waals surface area contributed by atoms with E-state index in [0.717, 1.165) is 12.8 Å². The molecule has 0 aromatic heterocycles. The third kappa shape index (κ3) is 7.47. The molecule has 0 heterocycles. The van der Waals surface area contributed by atoms with Gasteiger partial charge >= 0.3 is 33.0 Å². The number of hydrogen-bond donors (Lipinski definition) is 2. The van der Waals surface area contributed by atoms with Crippen LogP contribution < -0.4 is 0 Å². The summed E-state index contributed by atoms with van der Waals surface area (Å²) in [6, 6.07) is -0.239. The predicted molar refractivity (Wildman–Crippen MR) is 59.1 cm³/mol. The molecule has 0 spiro atoms. The largest absolute Gasteiger partial charge is 2.00 e. The van der Waals surface area contributed by atoms with Crippen LogP contribution in [0.1, 0.15) is 26.7 Å². The van der Waals surface area contributed by atoms with E-state index in [1.165, 1.54) is 0 Å². The Kier molecular flexibility index (Phi) is 9.57. The monoisotopic (exact) mass is 425 g/mol. The number of nitrogens with one attached hydrogen (secondary N) is 2. The molecule has 7 heteroatoms. The van der Waals surface area contributed by atoms with Gasteiger partial charge in [0, 0.05) is 0 Å². The van der Waals surface area contributed by atoms with Crippen LogP contribution in [-0.2, 0) is 30.7 Å². The van der Waals surface area contributed by atoms with Crippen molar-refractivity contribution in [2.45, 2.75) is 38.8 Å². The van der Waals surface area contributed by atoms with E-state index in [1.54, 1.807) is 0 Å². The minimum atomic E-state index is -1.82. The third-order valence-corrected chi connectivity index (χ3v) is 2.89. The van der Waals surface area contributed by atoms with E-state index in [4.69, 9.17) is 31.3 Å². The minimum Gasteiger partial charge on any atom is -0.676 e. The average Bonchev–Trinajstić information content (AvgIpc) is 2.16. The van der Waals surface area contributed by atoms with Gasteiger partial charge in [-0.2, -0.15) is 12.1 Å². The number of rotatable bonds is 0. The van der Waals surface area contributed by atoms with Crippen LogP contribution in [0.15, 0.2) is 0 Å². The summed E-state index contributed by atoms with van der Waals surface area (Å²) in [7, 11) is 0. The van der Waals surface area contributed by atoms with Crippen molar-refractivity contribution in [1.82, 2.24) is 0 Å². The van der Waals surface area contributed by atoms with Crippen LogP contribution in [0.5, 0.6) is 0 Å². The number of hydrogen-bond acceptors (Lipinski definition) is 2. The molecule has 0 saturated heterocycles. The molecule has 0 aromatic carbocycles. The molecule has 4 unspecified atom stereocenters. The first kappa shape index (κ1) is 18.9. The fourth-order valence-electron chi connectivity index (χ4n) is 1.59. The first-order chi connectivity index (χ1) is 7.25. The Morgan fingerprint density at radius 2 is 1.18 bits per heavy atom. The Labute approximate surface area is 115 Å². The summed E-state index contributed by atoms with van der Waals surface area (Å²) in [6.45, 7) is 4.39. The van der Waals surface area contributed by atoms with Gasteiger partial charge in [-0.25, -0.2) is 9.59 Å². The van der Waals surface area contributed by atoms with Crippen molar-refractivity contribution in [3.05, 3.63) is 11.5 Å². The Balaban J connectivity index is 0. The van der Waals surface area contributed by atoms with Crippen LogP contribution in [0.25, 0.3) is 11.5 Å². The molecule has 1 aliphatic rings. The third-order valence-electron chi connectivity index (χ3n) is 2.89. The molecule has 0 aromatic rings. The second kappa shape index (κ2) is 8.61. The maximum atomic E-state index is 9.10. The van der Waals surface area contributed by atoms with Crippen LogP contribution in [0, 0.1) is 11.8 Å². The predicted octanol–water partition coefficient (Wildman–Crippen LogP) is 2.05. The van der Waals surface area contributed by atoms with Crippen molar-refractivity contribution in [2.24, 2.45) is 11.8 Å². The van der Waals surface area contributed by atoms with Crippen molar-refractivity contribution in [3.8, 4) is 0 Å². The maximum absolute atomic E-state index is 9.10. The summed E-state index contributed by atoms with van der Waals surface area (Å²) in [5.41, 5.74) is 15.0. The van der Waals surface area contributed by atoms with Gasteiger partial charge in [-0.05, 0) is 11.8 Å². The quantitative estimate of drug-likeness (QED) is 0.577. The summed E-state index contributed by atoms with van der Waals surface area (Å²) in [6.07, 6.45) is 1.85. The number of carbonyl (C=O) groups is 2. The first-order valence-electron chi connectivity index (χ1n) is 5.14. The molecular weight excluding hydrogens is 407 g/mol. The molecule has 0 radical (unpaired) electrons. The van der Waals surface area contributed by atoms with Gasteiger partial charge in [-0.1, -0.05) is 26.7 Å². The Hall–Kier alpha value is -0.452. The van der Waals surface area contributed by atoms with Crippen molar-refractivity contribution in [2.75, 3.05) is 0 Å². The van der Waals surface area contributed by atoms with Crippen LogP contribution >= 0.6 is 0 Å². The number of aliphatic carboxylic acids is 2. The summed E-state index contributed by atoms with van der Waals surface area (Å²) in [4.78, 5) is 18.2. The van der Waals surface area contributed by atoms with E-state index in [1.807, 2.05) is 0 Å². The second-order valence-corrected chi connectivity index (χ2v) is 4.25. The molecular formula is C10H18N2O4Pt. The summed E-state index contributed by atoms with van der Waals surface area (Å²) >= 11 is 0. The van der Waals surface area contributed by atoms with Gasteiger partial charge in [0.05, 0.1) is 0 Å².